The van der Waals surface area contributed by atoms with E-state index in [2.05, 4.69) is 47.0 Å². The minimum absolute atomic E-state index is 0.460. The largest absolute Gasteiger partial charge is 0.493 e. The summed E-state index contributed by atoms with van der Waals surface area (Å²) in [6, 6.07) is 14.5. The van der Waals surface area contributed by atoms with Crippen LogP contribution in [-0.2, 0) is 6.61 Å². The zero-order valence-electron chi connectivity index (χ0n) is 17.1. The molecule has 0 radical (unpaired) electrons. The van der Waals surface area contributed by atoms with Crippen LogP contribution in [0.25, 0.3) is 0 Å². The van der Waals surface area contributed by atoms with Gasteiger partial charge >= 0.3 is 0 Å². The smallest absolute Gasteiger partial charge is 0.187 e. The predicted octanol–water partition coefficient (Wildman–Crippen LogP) is 4.71. The van der Waals surface area contributed by atoms with Crippen LogP contribution in [0, 0.1) is 6.92 Å². The number of hydrogen-bond donors (Lipinski definition) is 2. The lowest BCUT2D eigenvalue weighted by molar-refractivity contribution is 0.284. The average Bonchev–Trinajstić information content (AvgIpc) is 2.74. The van der Waals surface area contributed by atoms with Crippen LogP contribution in [0.3, 0.4) is 0 Å². The highest BCUT2D eigenvalue weighted by atomic mass is 32.1. The molecule has 5 nitrogen and oxygen atoms in total. The Bertz CT molecular complexity index is 831. The third kappa shape index (κ3) is 6.75. The monoisotopic (exact) mass is 411 g/mol. The lowest BCUT2D eigenvalue weighted by atomic mass is 9.96. The molecule has 0 atom stereocenters. The first-order chi connectivity index (χ1) is 14.1. The van der Waals surface area contributed by atoms with Gasteiger partial charge in [0.15, 0.2) is 16.6 Å². The second-order valence-corrected chi connectivity index (χ2v) is 7.77. The number of rotatable bonds is 7. The molecule has 1 aliphatic carbocycles. The van der Waals surface area contributed by atoms with Crippen molar-refractivity contribution in [3.05, 3.63) is 59.2 Å². The fraction of sp³-hybridized carbons (Fsp3) is 0.391. The predicted molar refractivity (Wildman–Crippen MR) is 122 cm³/mol. The number of nitrogens with one attached hydrogen (secondary N) is 2. The molecule has 0 saturated heterocycles. The first-order valence-electron chi connectivity index (χ1n) is 10.1. The second kappa shape index (κ2) is 10.8. The van der Waals surface area contributed by atoms with Crippen LogP contribution >= 0.6 is 12.2 Å². The van der Waals surface area contributed by atoms with Crippen LogP contribution < -0.4 is 20.2 Å². The third-order valence-corrected chi connectivity index (χ3v) is 5.23. The molecule has 1 saturated carbocycles. The summed E-state index contributed by atoms with van der Waals surface area (Å²) in [5.74, 6) is 1.37. The zero-order valence-corrected chi connectivity index (χ0v) is 17.9. The van der Waals surface area contributed by atoms with Crippen molar-refractivity contribution in [2.45, 2.75) is 51.7 Å². The summed E-state index contributed by atoms with van der Waals surface area (Å²) < 4.78 is 11.4. The van der Waals surface area contributed by atoms with Gasteiger partial charge in [0.05, 0.1) is 13.3 Å². The molecule has 0 aliphatic heterocycles. The van der Waals surface area contributed by atoms with Gasteiger partial charge in [-0.15, -0.1) is 0 Å². The summed E-state index contributed by atoms with van der Waals surface area (Å²) in [5, 5.41) is 8.16. The summed E-state index contributed by atoms with van der Waals surface area (Å²) in [6.07, 6.45) is 7.92. The van der Waals surface area contributed by atoms with Crippen molar-refractivity contribution in [3.63, 3.8) is 0 Å². The summed E-state index contributed by atoms with van der Waals surface area (Å²) >= 11 is 5.34. The topological polar surface area (TPSA) is 54.9 Å². The van der Waals surface area contributed by atoms with Crippen molar-refractivity contribution < 1.29 is 9.47 Å². The molecule has 0 amide bonds. The molecule has 2 aromatic rings. The van der Waals surface area contributed by atoms with Gasteiger partial charge in [-0.25, -0.2) is 0 Å². The Labute approximate surface area is 178 Å². The molecule has 2 aromatic carbocycles. The number of thiocarbonyl (C=S) groups is 1. The number of benzene rings is 2. The second-order valence-electron chi connectivity index (χ2n) is 7.36. The number of ether oxygens (including phenoxy) is 2. The number of aryl methyl sites for hydroxylation is 1. The average molecular weight is 412 g/mol. The molecule has 0 spiro atoms. The third-order valence-electron chi connectivity index (χ3n) is 5.02. The Morgan fingerprint density at radius 3 is 2.59 bits per heavy atom. The SMILES string of the molecule is COc1ccc(/C=N\NC(=S)NC2CCCCC2)cc1OCc1ccc(C)cc1. The van der Waals surface area contributed by atoms with Gasteiger partial charge < -0.3 is 14.8 Å². The lowest BCUT2D eigenvalue weighted by Gasteiger charge is -2.23. The molecule has 2 N–H and O–H groups in total. The van der Waals surface area contributed by atoms with E-state index in [-0.39, 0.29) is 0 Å². The Kier molecular flexibility index (Phi) is 7.87. The molecule has 0 bridgehead atoms. The maximum Gasteiger partial charge on any atom is 0.187 e. The van der Waals surface area contributed by atoms with Crippen LogP contribution in [-0.4, -0.2) is 24.5 Å². The van der Waals surface area contributed by atoms with Gasteiger partial charge in [-0.1, -0.05) is 49.1 Å². The highest BCUT2D eigenvalue weighted by Crippen LogP contribution is 2.28. The van der Waals surface area contributed by atoms with Crippen molar-refractivity contribution in [2.24, 2.45) is 5.10 Å². The van der Waals surface area contributed by atoms with Crippen LogP contribution in [0.15, 0.2) is 47.6 Å². The number of hydrogen-bond acceptors (Lipinski definition) is 4. The van der Waals surface area contributed by atoms with E-state index in [9.17, 15) is 0 Å². The van der Waals surface area contributed by atoms with E-state index in [0.29, 0.717) is 29.3 Å². The van der Waals surface area contributed by atoms with E-state index in [0.717, 1.165) is 11.1 Å². The molecule has 6 heteroatoms. The van der Waals surface area contributed by atoms with Crippen LogP contribution in [0.1, 0.15) is 48.8 Å². The molecule has 29 heavy (non-hydrogen) atoms. The van der Waals surface area contributed by atoms with Gasteiger partial charge in [0.2, 0.25) is 0 Å². The summed E-state index contributed by atoms with van der Waals surface area (Å²) in [6.45, 7) is 2.55. The molecular weight excluding hydrogens is 382 g/mol. The molecular formula is C23H29N3O2S. The van der Waals surface area contributed by atoms with Gasteiger partial charge in [-0.2, -0.15) is 5.10 Å². The van der Waals surface area contributed by atoms with Gasteiger partial charge in [0.1, 0.15) is 6.61 Å². The van der Waals surface area contributed by atoms with E-state index >= 15 is 0 Å². The van der Waals surface area contributed by atoms with Gasteiger partial charge in [0.25, 0.3) is 0 Å². The van der Waals surface area contributed by atoms with Gasteiger partial charge in [-0.3, -0.25) is 5.43 Å². The highest BCUT2D eigenvalue weighted by Gasteiger charge is 2.13. The standard InChI is InChI=1S/C23H29N3O2S/c1-17-8-10-18(11-9-17)16-28-22-14-19(12-13-21(22)27-2)15-24-26-23(29)25-20-6-4-3-5-7-20/h8-15,20H,3-7,16H2,1-2H3,(H2,25,26,29)/b24-15-. The van der Waals surface area contributed by atoms with Crippen molar-refractivity contribution in [1.82, 2.24) is 10.7 Å². The van der Waals surface area contributed by atoms with Crippen molar-refractivity contribution >= 4 is 23.5 Å². The minimum Gasteiger partial charge on any atom is -0.493 e. The zero-order chi connectivity index (χ0) is 20.5. The minimum atomic E-state index is 0.460. The lowest BCUT2D eigenvalue weighted by Crippen LogP contribution is -2.40. The summed E-state index contributed by atoms with van der Waals surface area (Å²) in [5.41, 5.74) is 6.15. The Morgan fingerprint density at radius 1 is 1.10 bits per heavy atom. The molecule has 0 aromatic heterocycles. The molecule has 0 heterocycles. The highest BCUT2D eigenvalue weighted by molar-refractivity contribution is 7.80. The first-order valence-corrected chi connectivity index (χ1v) is 10.5. The maximum atomic E-state index is 5.98. The van der Waals surface area contributed by atoms with Crippen LogP contribution in [0.2, 0.25) is 0 Å². The Balaban J connectivity index is 1.56. The van der Waals surface area contributed by atoms with Crippen LogP contribution in [0.4, 0.5) is 0 Å². The Hall–Kier alpha value is -2.60. The van der Waals surface area contributed by atoms with Gasteiger partial charge in [0, 0.05) is 6.04 Å². The van der Waals surface area contributed by atoms with E-state index in [1.165, 1.54) is 37.7 Å². The normalized spacial score (nSPS) is 14.6. The van der Waals surface area contributed by atoms with Gasteiger partial charge in [-0.05, 0) is 61.3 Å². The van der Waals surface area contributed by atoms with Crippen molar-refractivity contribution in [3.8, 4) is 11.5 Å². The van der Waals surface area contributed by atoms with E-state index in [4.69, 9.17) is 21.7 Å². The molecule has 1 fully saturated rings. The number of nitrogens with zero attached hydrogens (tertiary/aromatic N) is 1. The quantitative estimate of drug-likeness (QED) is 0.392. The maximum absolute atomic E-state index is 5.98. The molecule has 154 valence electrons. The number of hydrazone groups is 1. The van der Waals surface area contributed by atoms with Crippen molar-refractivity contribution in [2.75, 3.05) is 7.11 Å². The fourth-order valence-electron chi connectivity index (χ4n) is 3.36. The number of methoxy groups -OCH3 is 1. The summed E-state index contributed by atoms with van der Waals surface area (Å²) in [7, 11) is 1.64. The first kappa shape index (κ1) is 21.1. The van der Waals surface area contributed by atoms with E-state index in [1.54, 1.807) is 13.3 Å². The van der Waals surface area contributed by atoms with Crippen LogP contribution in [0.5, 0.6) is 11.5 Å². The van der Waals surface area contributed by atoms with E-state index in [1.807, 2.05) is 18.2 Å². The van der Waals surface area contributed by atoms with E-state index < -0.39 is 0 Å². The molecule has 3 rings (SSSR count). The molecule has 0 unspecified atom stereocenters. The summed E-state index contributed by atoms with van der Waals surface area (Å²) in [4.78, 5) is 0. The Morgan fingerprint density at radius 2 is 1.86 bits per heavy atom. The fourth-order valence-corrected chi connectivity index (χ4v) is 3.58. The molecule has 1 aliphatic rings. The van der Waals surface area contributed by atoms with Crippen molar-refractivity contribution in [1.29, 1.82) is 0 Å².